The van der Waals surface area contributed by atoms with Crippen molar-refractivity contribution in [2.24, 2.45) is 0 Å². The lowest BCUT2D eigenvalue weighted by Gasteiger charge is -2.29. The maximum absolute atomic E-state index is 12.9. The smallest absolute Gasteiger partial charge is 0.319 e. The van der Waals surface area contributed by atoms with Gasteiger partial charge in [-0.3, -0.25) is 0 Å². The Balaban J connectivity index is 1.46. The number of hydrogen-bond acceptors (Lipinski definition) is 2. The largest absolute Gasteiger partial charge is 0.490 e. The Morgan fingerprint density at radius 1 is 1.00 bits per heavy atom. The van der Waals surface area contributed by atoms with Crippen LogP contribution in [0.1, 0.15) is 25.7 Å². The molecule has 0 unspecified atom stereocenters. The van der Waals surface area contributed by atoms with Crippen LogP contribution >= 0.6 is 23.2 Å². The molecule has 0 aromatic heterocycles. The summed E-state index contributed by atoms with van der Waals surface area (Å²) in [6, 6.07) is 10.8. The molecular weight excluding hydrogens is 378 g/mol. The molecule has 0 saturated heterocycles. The number of urea groups is 1. The Hall–Kier alpha value is -1.98. The fourth-order valence-electron chi connectivity index (χ4n) is 2.98. The minimum absolute atomic E-state index is 0.0596. The van der Waals surface area contributed by atoms with Gasteiger partial charge in [-0.05, 0) is 62.1 Å². The number of anilines is 1. The summed E-state index contributed by atoms with van der Waals surface area (Å²) in [4.78, 5) is 12.2. The predicted molar refractivity (Wildman–Crippen MR) is 102 cm³/mol. The molecule has 7 heteroatoms. The summed E-state index contributed by atoms with van der Waals surface area (Å²) >= 11 is 12.1. The van der Waals surface area contributed by atoms with Crippen LogP contribution in [0.3, 0.4) is 0 Å². The number of ether oxygens (including phenoxy) is 1. The van der Waals surface area contributed by atoms with Gasteiger partial charge in [0.1, 0.15) is 11.6 Å². The standard InChI is InChI=1S/C19H19Cl2FN2O2/c20-16-2-1-3-17(21)18(16)24-19(25)23-13-6-10-15(11-7-13)26-14-8-4-12(22)5-9-14/h1-5,8-9,13,15H,6-7,10-11H2,(H2,23,24,25). The van der Waals surface area contributed by atoms with E-state index in [-0.39, 0.29) is 24.0 Å². The van der Waals surface area contributed by atoms with E-state index in [0.717, 1.165) is 25.7 Å². The molecule has 1 aliphatic carbocycles. The highest BCUT2D eigenvalue weighted by atomic mass is 35.5. The van der Waals surface area contributed by atoms with E-state index in [2.05, 4.69) is 10.6 Å². The zero-order valence-corrected chi connectivity index (χ0v) is 15.5. The quantitative estimate of drug-likeness (QED) is 0.701. The summed E-state index contributed by atoms with van der Waals surface area (Å²) in [6.45, 7) is 0. The zero-order chi connectivity index (χ0) is 18.5. The first-order chi connectivity index (χ1) is 12.5. The van der Waals surface area contributed by atoms with E-state index < -0.39 is 0 Å². The topological polar surface area (TPSA) is 50.4 Å². The van der Waals surface area contributed by atoms with Crippen molar-refractivity contribution in [2.75, 3.05) is 5.32 Å². The van der Waals surface area contributed by atoms with E-state index >= 15 is 0 Å². The molecule has 26 heavy (non-hydrogen) atoms. The van der Waals surface area contributed by atoms with Gasteiger partial charge in [-0.25, -0.2) is 9.18 Å². The number of nitrogens with one attached hydrogen (secondary N) is 2. The van der Waals surface area contributed by atoms with Crippen LogP contribution in [0.5, 0.6) is 5.75 Å². The van der Waals surface area contributed by atoms with Crippen LogP contribution in [0.4, 0.5) is 14.9 Å². The van der Waals surface area contributed by atoms with Crippen molar-refractivity contribution in [1.29, 1.82) is 0 Å². The van der Waals surface area contributed by atoms with Gasteiger partial charge in [0, 0.05) is 6.04 Å². The molecule has 1 aliphatic rings. The molecule has 2 aromatic rings. The number of para-hydroxylation sites is 1. The van der Waals surface area contributed by atoms with E-state index in [0.29, 0.717) is 21.5 Å². The van der Waals surface area contributed by atoms with Crippen molar-refractivity contribution < 1.29 is 13.9 Å². The van der Waals surface area contributed by atoms with E-state index in [1.54, 1.807) is 30.3 Å². The second-order valence-electron chi connectivity index (χ2n) is 6.24. The van der Waals surface area contributed by atoms with Crippen LogP contribution in [0.25, 0.3) is 0 Å². The molecule has 0 bridgehead atoms. The van der Waals surface area contributed by atoms with Gasteiger partial charge in [-0.2, -0.15) is 0 Å². The minimum Gasteiger partial charge on any atom is -0.490 e. The van der Waals surface area contributed by atoms with Crippen LogP contribution in [0, 0.1) is 5.82 Å². The Bertz CT molecular complexity index is 742. The average Bonchev–Trinajstić information content (AvgIpc) is 2.62. The van der Waals surface area contributed by atoms with Crippen molar-refractivity contribution in [3.05, 3.63) is 58.3 Å². The SMILES string of the molecule is O=C(Nc1c(Cl)cccc1Cl)NC1CCC(Oc2ccc(F)cc2)CC1. The molecule has 0 aliphatic heterocycles. The van der Waals surface area contributed by atoms with Crippen molar-refractivity contribution >= 4 is 34.9 Å². The second-order valence-corrected chi connectivity index (χ2v) is 7.05. The number of amides is 2. The molecule has 0 spiro atoms. The lowest BCUT2D eigenvalue weighted by atomic mass is 9.93. The fraction of sp³-hybridized carbons (Fsp3) is 0.316. The number of hydrogen-bond donors (Lipinski definition) is 2. The fourth-order valence-corrected chi connectivity index (χ4v) is 3.47. The van der Waals surface area contributed by atoms with Gasteiger partial charge >= 0.3 is 6.03 Å². The molecule has 0 radical (unpaired) electrons. The second kappa shape index (κ2) is 8.60. The van der Waals surface area contributed by atoms with E-state index in [9.17, 15) is 9.18 Å². The Labute approximate surface area is 161 Å². The molecule has 2 N–H and O–H groups in total. The maximum Gasteiger partial charge on any atom is 0.319 e. The molecule has 0 atom stereocenters. The monoisotopic (exact) mass is 396 g/mol. The lowest BCUT2D eigenvalue weighted by molar-refractivity contribution is 0.141. The molecule has 3 rings (SSSR count). The van der Waals surface area contributed by atoms with Crippen LogP contribution in [0.2, 0.25) is 10.0 Å². The van der Waals surface area contributed by atoms with Gasteiger partial charge in [0.2, 0.25) is 0 Å². The highest BCUT2D eigenvalue weighted by molar-refractivity contribution is 6.39. The third-order valence-corrected chi connectivity index (χ3v) is 4.96. The normalized spacial score (nSPS) is 19.7. The third kappa shape index (κ3) is 5.02. The number of carbonyl (C=O) groups is 1. The Morgan fingerprint density at radius 3 is 2.23 bits per heavy atom. The third-order valence-electron chi connectivity index (χ3n) is 4.33. The summed E-state index contributed by atoms with van der Waals surface area (Å²) in [6.07, 6.45) is 3.30. The van der Waals surface area contributed by atoms with Gasteiger partial charge in [0.25, 0.3) is 0 Å². The van der Waals surface area contributed by atoms with Gasteiger partial charge in [0.15, 0.2) is 0 Å². The molecule has 0 heterocycles. The summed E-state index contributed by atoms with van der Waals surface area (Å²) in [5.74, 6) is 0.379. The Kier molecular flexibility index (Phi) is 6.22. The molecule has 4 nitrogen and oxygen atoms in total. The molecule has 2 amide bonds. The van der Waals surface area contributed by atoms with E-state index in [1.807, 2.05) is 0 Å². The van der Waals surface area contributed by atoms with Gasteiger partial charge < -0.3 is 15.4 Å². The van der Waals surface area contributed by atoms with Crippen molar-refractivity contribution in [3.8, 4) is 5.75 Å². The Morgan fingerprint density at radius 2 is 1.62 bits per heavy atom. The minimum atomic E-state index is -0.331. The lowest BCUT2D eigenvalue weighted by Crippen LogP contribution is -2.41. The predicted octanol–water partition coefficient (Wildman–Crippen LogP) is 5.64. The summed E-state index contributed by atoms with van der Waals surface area (Å²) in [7, 11) is 0. The van der Waals surface area contributed by atoms with Crippen molar-refractivity contribution in [3.63, 3.8) is 0 Å². The van der Waals surface area contributed by atoms with Gasteiger partial charge in [-0.1, -0.05) is 29.3 Å². The van der Waals surface area contributed by atoms with Gasteiger partial charge in [0.05, 0.1) is 21.8 Å². The van der Waals surface area contributed by atoms with Crippen LogP contribution in [-0.4, -0.2) is 18.2 Å². The summed E-state index contributed by atoms with van der Waals surface area (Å²) in [5.41, 5.74) is 0.404. The number of halogens is 3. The molecule has 1 saturated carbocycles. The highest BCUT2D eigenvalue weighted by Crippen LogP contribution is 2.30. The van der Waals surface area contributed by atoms with Crippen LogP contribution in [-0.2, 0) is 0 Å². The van der Waals surface area contributed by atoms with Gasteiger partial charge in [-0.15, -0.1) is 0 Å². The number of carbonyl (C=O) groups excluding carboxylic acids is 1. The number of benzene rings is 2. The van der Waals surface area contributed by atoms with Crippen molar-refractivity contribution in [2.45, 2.75) is 37.8 Å². The number of rotatable bonds is 4. The maximum atomic E-state index is 12.9. The highest BCUT2D eigenvalue weighted by Gasteiger charge is 2.24. The van der Waals surface area contributed by atoms with Crippen LogP contribution in [0.15, 0.2) is 42.5 Å². The van der Waals surface area contributed by atoms with E-state index in [1.165, 1.54) is 12.1 Å². The first-order valence-corrected chi connectivity index (χ1v) is 9.20. The van der Waals surface area contributed by atoms with Crippen LogP contribution < -0.4 is 15.4 Å². The zero-order valence-electron chi connectivity index (χ0n) is 14.0. The summed E-state index contributed by atoms with van der Waals surface area (Å²) in [5, 5.41) is 6.43. The summed E-state index contributed by atoms with van der Waals surface area (Å²) < 4.78 is 18.8. The first kappa shape index (κ1) is 18.8. The first-order valence-electron chi connectivity index (χ1n) is 8.45. The molecule has 2 aromatic carbocycles. The van der Waals surface area contributed by atoms with E-state index in [4.69, 9.17) is 27.9 Å². The molecular formula is C19H19Cl2FN2O2. The molecule has 1 fully saturated rings. The molecule has 138 valence electrons. The average molecular weight is 397 g/mol. The van der Waals surface area contributed by atoms with Crippen molar-refractivity contribution in [1.82, 2.24) is 5.32 Å².